The predicted octanol–water partition coefficient (Wildman–Crippen LogP) is 1.72. The van der Waals surface area contributed by atoms with Gasteiger partial charge in [0.1, 0.15) is 0 Å². The highest BCUT2D eigenvalue weighted by atomic mass is 32.1. The molecular weight excluding hydrogens is 106 g/mol. The van der Waals surface area contributed by atoms with Crippen LogP contribution >= 0.6 is 11.3 Å². The van der Waals surface area contributed by atoms with Gasteiger partial charge in [-0.2, -0.15) is 0 Å². The lowest BCUT2D eigenvalue weighted by atomic mass is 10.4. The summed E-state index contributed by atoms with van der Waals surface area (Å²) in [7, 11) is 0. The molecule has 0 amide bonds. The van der Waals surface area contributed by atoms with E-state index in [1.165, 1.54) is 4.88 Å². The van der Waals surface area contributed by atoms with Crippen LogP contribution in [-0.2, 0) is 0 Å². The van der Waals surface area contributed by atoms with Crippen molar-refractivity contribution in [1.29, 1.82) is 0 Å². The molecule has 2 heteroatoms. The Bertz CT molecular complexity index is 123. The number of aromatic nitrogens is 1. The Labute approximate surface area is 47.0 Å². The Morgan fingerprint density at radius 3 is 3.00 bits per heavy atom. The number of hydrogen-bond acceptors (Lipinski definition) is 2. The number of thiazole rings is 1. The van der Waals surface area contributed by atoms with E-state index >= 15 is 0 Å². The van der Waals surface area contributed by atoms with Gasteiger partial charge in [0.25, 0.3) is 0 Å². The Balaban J connectivity index is 2.76. The minimum atomic E-state index is 1.24. The molecule has 0 spiro atoms. The van der Waals surface area contributed by atoms with E-state index in [4.69, 9.17) is 0 Å². The van der Waals surface area contributed by atoms with Gasteiger partial charge in [-0.1, -0.05) is 6.92 Å². The first-order chi connectivity index (χ1) is 3.43. The highest BCUT2D eigenvalue weighted by Crippen LogP contribution is 2.05. The van der Waals surface area contributed by atoms with Gasteiger partial charge in [-0.05, 0) is 6.42 Å². The first-order valence-corrected chi connectivity index (χ1v) is 2.99. The van der Waals surface area contributed by atoms with Crippen LogP contribution in [0.1, 0.15) is 11.8 Å². The molecule has 0 aromatic carbocycles. The lowest BCUT2D eigenvalue weighted by Crippen LogP contribution is -1.60. The molecule has 1 nitrogen and oxygen atoms in total. The second kappa shape index (κ2) is 2.07. The average Bonchev–Trinajstić information content (AvgIpc) is 2.14. The Kier molecular flexibility index (Phi) is 1.42. The second-order valence-electron chi connectivity index (χ2n) is 1.19. The first-order valence-electron chi connectivity index (χ1n) is 2.11. The van der Waals surface area contributed by atoms with Crippen LogP contribution in [0, 0.1) is 6.42 Å². The van der Waals surface area contributed by atoms with Gasteiger partial charge in [0.05, 0.1) is 5.51 Å². The fraction of sp³-hybridized carbons (Fsp3) is 0.200. The van der Waals surface area contributed by atoms with Gasteiger partial charge < -0.3 is 0 Å². The third kappa shape index (κ3) is 0.996. The summed E-state index contributed by atoms with van der Waals surface area (Å²) in [4.78, 5) is 5.12. The van der Waals surface area contributed by atoms with E-state index < -0.39 is 0 Å². The van der Waals surface area contributed by atoms with Crippen molar-refractivity contribution in [3.63, 3.8) is 0 Å². The highest BCUT2D eigenvalue weighted by molar-refractivity contribution is 7.09. The smallest absolute Gasteiger partial charge is 0.0794 e. The van der Waals surface area contributed by atoms with Gasteiger partial charge in [-0.25, -0.2) is 0 Å². The third-order valence-electron chi connectivity index (χ3n) is 0.736. The molecule has 0 saturated heterocycles. The van der Waals surface area contributed by atoms with Crippen molar-refractivity contribution in [2.24, 2.45) is 0 Å². The van der Waals surface area contributed by atoms with Crippen molar-refractivity contribution in [1.82, 2.24) is 4.98 Å². The standard InChI is InChI=1S/C5H6NS/c1-2-5-3-6-4-7-5/h2-4H,1H3. The van der Waals surface area contributed by atoms with E-state index in [2.05, 4.69) is 4.98 Å². The molecule has 0 atom stereocenters. The van der Waals surface area contributed by atoms with Crippen molar-refractivity contribution in [2.45, 2.75) is 6.92 Å². The maximum Gasteiger partial charge on any atom is 0.0794 e. The van der Waals surface area contributed by atoms with Crippen molar-refractivity contribution < 1.29 is 0 Å². The molecule has 37 valence electrons. The van der Waals surface area contributed by atoms with E-state index in [0.29, 0.717) is 0 Å². The van der Waals surface area contributed by atoms with E-state index in [1.807, 2.05) is 25.1 Å². The molecule has 0 saturated carbocycles. The quantitative estimate of drug-likeness (QED) is 0.539. The normalized spacial score (nSPS) is 9.29. The summed E-state index contributed by atoms with van der Waals surface area (Å²) in [6, 6.07) is 0. The van der Waals surface area contributed by atoms with Gasteiger partial charge in [0.15, 0.2) is 0 Å². The van der Waals surface area contributed by atoms with E-state index in [-0.39, 0.29) is 0 Å². The van der Waals surface area contributed by atoms with Crippen LogP contribution in [0.15, 0.2) is 11.7 Å². The lowest BCUT2D eigenvalue weighted by molar-refractivity contribution is 1.38. The molecule has 1 aromatic rings. The van der Waals surface area contributed by atoms with Crippen molar-refractivity contribution >= 4 is 11.3 Å². The fourth-order valence-electron chi connectivity index (χ4n) is 0.368. The van der Waals surface area contributed by atoms with E-state index in [9.17, 15) is 0 Å². The van der Waals surface area contributed by atoms with Crippen LogP contribution in [0.5, 0.6) is 0 Å². The summed E-state index contributed by atoms with van der Waals surface area (Å²) in [6.45, 7) is 2.01. The molecule has 0 aliphatic heterocycles. The monoisotopic (exact) mass is 112 g/mol. The molecule has 1 heterocycles. The Morgan fingerprint density at radius 2 is 2.71 bits per heavy atom. The average molecular weight is 112 g/mol. The summed E-state index contributed by atoms with van der Waals surface area (Å²) >= 11 is 1.66. The maximum absolute atomic E-state index is 3.88. The number of hydrogen-bond donors (Lipinski definition) is 0. The number of nitrogens with zero attached hydrogens (tertiary/aromatic N) is 1. The number of rotatable bonds is 1. The molecule has 1 aromatic heterocycles. The zero-order chi connectivity index (χ0) is 5.11. The summed E-state index contributed by atoms with van der Waals surface area (Å²) in [5.41, 5.74) is 1.83. The second-order valence-corrected chi connectivity index (χ2v) is 2.11. The molecule has 1 rings (SSSR count). The summed E-state index contributed by atoms with van der Waals surface area (Å²) in [5.74, 6) is 0. The van der Waals surface area contributed by atoms with Crippen LogP contribution in [0.4, 0.5) is 0 Å². The van der Waals surface area contributed by atoms with Crippen LogP contribution in [0.25, 0.3) is 0 Å². The van der Waals surface area contributed by atoms with Crippen molar-refractivity contribution in [2.75, 3.05) is 0 Å². The molecule has 0 aliphatic carbocycles. The SMILES string of the molecule is C[CH]c1cncs1. The van der Waals surface area contributed by atoms with E-state index in [1.54, 1.807) is 11.3 Å². The van der Waals surface area contributed by atoms with Crippen LogP contribution in [0.2, 0.25) is 0 Å². The highest BCUT2D eigenvalue weighted by Gasteiger charge is 1.84. The van der Waals surface area contributed by atoms with Crippen LogP contribution in [0.3, 0.4) is 0 Å². The summed E-state index contributed by atoms with van der Waals surface area (Å²) < 4.78 is 0. The summed E-state index contributed by atoms with van der Waals surface area (Å²) in [5, 5.41) is 0. The van der Waals surface area contributed by atoms with Gasteiger partial charge >= 0.3 is 0 Å². The zero-order valence-corrected chi connectivity index (χ0v) is 4.90. The third-order valence-corrected chi connectivity index (χ3v) is 1.58. The lowest BCUT2D eigenvalue weighted by Gasteiger charge is -1.75. The molecule has 0 unspecified atom stereocenters. The van der Waals surface area contributed by atoms with Gasteiger partial charge in [0.2, 0.25) is 0 Å². The van der Waals surface area contributed by atoms with Crippen LogP contribution in [-0.4, -0.2) is 4.98 Å². The summed E-state index contributed by atoms with van der Waals surface area (Å²) in [6.07, 6.45) is 3.89. The minimum absolute atomic E-state index is 1.24. The van der Waals surface area contributed by atoms with Crippen molar-refractivity contribution in [3.05, 3.63) is 23.0 Å². The largest absolute Gasteiger partial charge is 0.253 e. The Morgan fingerprint density at radius 1 is 1.86 bits per heavy atom. The Hall–Kier alpha value is -0.370. The predicted molar refractivity (Wildman–Crippen MR) is 31.2 cm³/mol. The topological polar surface area (TPSA) is 12.9 Å². The molecule has 0 N–H and O–H groups in total. The maximum atomic E-state index is 3.88. The van der Waals surface area contributed by atoms with Crippen LogP contribution < -0.4 is 0 Å². The minimum Gasteiger partial charge on any atom is -0.253 e. The van der Waals surface area contributed by atoms with Crippen molar-refractivity contribution in [3.8, 4) is 0 Å². The molecule has 1 radical (unpaired) electrons. The first kappa shape index (κ1) is 4.78. The molecule has 7 heavy (non-hydrogen) atoms. The van der Waals surface area contributed by atoms with Gasteiger partial charge in [0, 0.05) is 11.1 Å². The fourth-order valence-corrected chi connectivity index (χ4v) is 0.869. The molecular formula is C5H6NS. The molecule has 0 fully saturated rings. The van der Waals surface area contributed by atoms with Gasteiger partial charge in [-0.15, -0.1) is 11.3 Å². The molecule has 0 aliphatic rings. The van der Waals surface area contributed by atoms with Gasteiger partial charge in [-0.3, -0.25) is 4.98 Å². The zero-order valence-electron chi connectivity index (χ0n) is 4.09. The van der Waals surface area contributed by atoms with E-state index in [0.717, 1.165) is 0 Å². The molecule has 0 bridgehead atoms.